The zero-order valence-corrected chi connectivity index (χ0v) is 8.06. The number of anilines is 2. The molecule has 0 atom stereocenters. The van der Waals surface area contributed by atoms with Crippen molar-refractivity contribution in [2.75, 3.05) is 10.5 Å². The molecule has 4 N–H and O–H groups in total. The molecule has 0 radical (unpaired) electrons. The molecule has 1 aromatic rings. The summed E-state index contributed by atoms with van der Waals surface area (Å²) < 4.78 is 31.0. The second-order valence-corrected chi connectivity index (χ2v) is 3.76. The molecule has 0 fully saturated rings. The van der Waals surface area contributed by atoms with Crippen LogP contribution in [0.15, 0.2) is 18.2 Å². The second kappa shape index (κ2) is 3.71. The van der Waals surface area contributed by atoms with Crippen LogP contribution in [0.2, 0.25) is 0 Å². The Kier molecular flexibility index (Phi) is 2.77. The quantitative estimate of drug-likeness (QED) is 0.299. The minimum absolute atomic E-state index is 0.0294. The highest BCUT2D eigenvalue weighted by Crippen LogP contribution is 2.24. The van der Waals surface area contributed by atoms with Crippen molar-refractivity contribution in [3.8, 4) is 0 Å². The topological polar surface area (TPSA) is 136 Å². The van der Waals surface area contributed by atoms with E-state index in [4.69, 9.17) is 10.3 Å². The predicted molar refractivity (Wildman–Crippen MR) is 52.7 cm³/mol. The number of nitrogen functional groups attached to an aromatic ring is 1. The molecule has 1 aromatic carbocycles. The van der Waals surface area contributed by atoms with Crippen LogP contribution in [0.25, 0.3) is 0 Å². The third-order valence-corrected chi connectivity index (χ3v) is 1.96. The van der Waals surface area contributed by atoms with Gasteiger partial charge >= 0.3 is 10.3 Å². The molecule has 0 spiro atoms. The zero-order valence-electron chi connectivity index (χ0n) is 7.25. The summed E-state index contributed by atoms with van der Waals surface area (Å²) in [4.78, 5) is 9.64. The van der Waals surface area contributed by atoms with Crippen molar-refractivity contribution in [2.24, 2.45) is 0 Å². The number of nitrogens with two attached hydrogens (primary N) is 1. The van der Waals surface area contributed by atoms with Gasteiger partial charge in [-0.3, -0.25) is 19.4 Å². The zero-order chi connectivity index (χ0) is 11.6. The first-order chi connectivity index (χ1) is 6.79. The first-order valence-corrected chi connectivity index (χ1v) is 5.03. The van der Waals surface area contributed by atoms with Gasteiger partial charge in [0.15, 0.2) is 0 Å². The molecule has 9 heteroatoms. The van der Waals surface area contributed by atoms with Gasteiger partial charge in [0.1, 0.15) is 0 Å². The van der Waals surface area contributed by atoms with E-state index in [1.54, 1.807) is 4.72 Å². The molecule has 15 heavy (non-hydrogen) atoms. The summed E-state index contributed by atoms with van der Waals surface area (Å²) in [5, 5.41) is 10.4. The van der Waals surface area contributed by atoms with Crippen LogP contribution in [-0.4, -0.2) is 17.9 Å². The van der Waals surface area contributed by atoms with E-state index in [9.17, 15) is 18.5 Å². The fraction of sp³-hybridized carbons (Fsp3) is 0. The van der Waals surface area contributed by atoms with Crippen molar-refractivity contribution < 1.29 is 17.9 Å². The number of nitrogens with one attached hydrogen (secondary N) is 1. The Labute approximate surface area is 84.7 Å². The van der Waals surface area contributed by atoms with Gasteiger partial charge in [0, 0.05) is 12.1 Å². The molecule has 0 heterocycles. The lowest BCUT2D eigenvalue weighted by atomic mass is 10.2. The Balaban J connectivity index is 3.17. The lowest BCUT2D eigenvalue weighted by Gasteiger charge is -2.05. The SMILES string of the molecule is Nc1ccc([N+](=O)[O-])cc1NS(=O)(=O)O. The molecule has 0 saturated heterocycles. The monoisotopic (exact) mass is 233 g/mol. The van der Waals surface area contributed by atoms with Crippen LogP contribution in [0.4, 0.5) is 17.1 Å². The number of nitro groups is 1. The van der Waals surface area contributed by atoms with E-state index in [2.05, 4.69) is 0 Å². The summed E-state index contributed by atoms with van der Waals surface area (Å²) in [5.41, 5.74) is 4.73. The van der Waals surface area contributed by atoms with Gasteiger partial charge in [-0.2, -0.15) is 8.42 Å². The molecule has 0 aliphatic rings. The van der Waals surface area contributed by atoms with Crippen LogP contribution >= 0.6 is 0 Å². The maximum Gasteiger partial charge on any atom is 0.357 e. The normalized spacial score (nSPS) is 11.0. The molecule has 0 aliphatic carbocycles. The maximum absolute atomic E-state index is 10.5. The van der Waals surface area contributed by atoms with E-state index in [1.165, 1.54) is 0 Å². The Bertz CT molecular complexity index is 497. The van der Waals surface area contributed by atoms with Crippen molar-refractivity contribution >= 4 is 27.4 Å². The first kappa shape index (κ1) is 11.2. The van der Waals surface area contributed by atoms with Crippen molar-refractivity contribution in [1.29, 1.82) is 0 Å². The van der Waals surface area contributed by atoms with Crippen LogP contribution in [-0.2, 0) is 10.3 Å². The van der Waals surface area contributed by atoms with Crippen molar-refractivity contribution in [2.45, 2.75) is 0 Å². The Hall–Kier alpha value is -1.87. The Morgan fingerprint density at radius 2 is 2.07 bits per heavy atom. The average molecular weight is 233 g/mol. The number of benzene rings is 1. The highest BCUT2D eigenvalue weighted by molar-refractivity contribution is 7.87. The minimum atomic E-state index is -4.49. The van der Waals surface area contributed by atoms with E-state index >= 15 is 0 Å². The second-order valence-electron chi connectivity index (χ2n) is 2.61. The van der Waals surface area contributed by atoms with E-state index in [1.807, 2.05) is 0 Å². The molecule has 82 valence electrons. The third-order valence-electron chi connectivity index (χ3n) is 1.49. The number of nitrogens with zero attached hydrogens (tertiary/aromatic N) is 1. The van der Waals surface area contributed by atoms with E-state index in [-0.39, 0.29) is 17.1 Å². The predicted octanol–water partition coefficient (Wildman–Crippen LogP) is 0.392. The fourth-order valence-corrected chi connectivity index (χ4v) is 1.34. The van der Waals surface area contributed by atoms with Gasteiger partial charge in [0.2, 0.25) is 0 Å². The summed E-state index contributed by atoms with van der Waals surface area (Å²) in [6, 6.07) is 3.18. The summed E-state index contributed by atoms with van der Waals surface area (Å²) >= 11 is 0. The lowest BCUT2D eigenvalue weighted by molar-refractivity contribution is -0.384. The summed E-state index contributed by atoms with van der Waals surface area (Å²) in [6.45, 7) is 0. The molecule has 0 saturated carbocycles. The van der Waals surface area contributed by atoms with Crippen LogP contribution in [0.1, 0.15) is 0 Å². The van der Waals surface area contributed by atoms with Crippen molar-refractivity contribution in [3.05, 3.63) is 28.3 Å². The molecular formula is C6H7N3O5S. The number of hydrogen-bond acceptors (Lipinski definition) is 5. The van der Waals surface area contributed by atoms with Crippen LogP contribution in [0.3, 0.4) is 0 Å². The summed E-state index contributed by atoms with van der Waals surface area (Å²) in [5.74, 6) is 0. The third kappa shape index (κ3) is 3.07. The van der Waals surface area contributed by atoms with Gasteiger partial charge in [-0.15, -0.1) is 0 Å². The molecule has 0 bridgehead atoms. The maximum atomic E-state index is 10.5. The van der Waals surface area contributed by atoms with Gasteiger partial charge in [-0.1, -0.05) is 0 Å². The molecule has 8 nitrogen and oxygen atoms in total. The number of non-ortho nitro benzene ring substituents is 1. The van der Waals surface area contributed by atoms with E-state index in [0.717, 1.165) is 18.2 Å². The van der Waals surface area contributed by atoms with E-state index < -0.39 is 15.2 Å². The summed E-state index contributed by atoms with van der Waals surface area (Å²) in [7, 11) is -4.49. The molecule has 0 aromatic heterocycles. The van der Waals surface area contributed by atoms with Gasteiger partial charge in [0.05, 0.1) is 16.3 Å². The molecule has 0 unspecified atom stereocenters. The van der Waals surface area contributed by atoms with Crippen LogP contribution in [0, 0.1) is 10.1 Å². The molecular weight excluding hydrogens is 226 g/mol. The van der Waals surface area contributed by atoms with Gasteiger partial charge in [0.25, 0.3) is 5.69 Å². The van der Waals surface area contributed by atoms with Crippen molar-refractivity contribution in [3.63, 3.8) is 0 Å². The van der Waals surface area contributed by atoms with Gasteiger partial charge in [-0.25, -0.2) is 0 Å². The molecule has 0 aliphatic heterocycles. The fourth-order valence-electron chi connectivity index (χ4n) is 0.885. The first-order valence-electron chi connectivity index (χ1n) is 3.59. The Morgan fingerprint density at radius 1 is 1.47 bits per heavy atom. The molecule has 1 rings (SSSR count). The largest absolute Gasteiger partial charge is 0.397 e. The Morgan fingerprint density at radius 3 is 2.53 bits per heavy atom. The van der Waals surface area contributed by atoms with Crippen molar-refractivity contribution in [1.82, 2.24) is 0 Å². The molecule has 0 amide bonds. The number of nitro benzene ring substituents is 1. The van der Waals surface area contributed by atoms with Crippen LogP contribution in [0.5, 0.6) is 0 Å². The average Bonchev–Trinajstić information content (AvgIpc) is 2.06. The minimum Gasteiger partial charge on any atom is -0.397 e. The lowest BCUT2D eigenvalue weighted by Crippen LogP contribution is -2.12. The standard InChI is InChI=1S/C6H7N3O5S/c7-5-2-1-4(9(10)11)3-6(5)8-15(12,13)14/h1-3,8H,7H2,(H,12,13,14). The number of rotatable bonds is 3. The number of hydrogen-bond donors (Lipinski definition) is 3. The van der Waals surface area contributed by atoms with E-state index in [0.29, 0.717) is 0 Å². The highest BCUT2D eigenvalue weighted by atomic mass is 32.2. The summed E-state index contributed by atoms with van der Waals surface area (Å²) in [6.07, 6.45) is 0. The van der Waals surface area contributed by atoms with Crippen LogP contribution < -0.4 is 10.5 Å². The van der Waals surface area contributed by atoms with Gasteiger partial charge < -0.3 is 5.73 Å². The highest BCUT2D eigenvalue weighted by Gasteiger charge is 2.12. The smallest absolute Gasteiger partial charge is 0.357 e. The van der Waals surface area contributed by atoms with Gasteiger partial charge in [-0.05, 0) is 6.07 Å².